The van der Waals surface area contributed by atoms with Crippen molar-refractivity contribution in [1.82, 2.24) is 0 Å². The first-order chi connectivity index (χ1) is 7.66. The van der Waals surface area contributed by atoms with Crippen LogP contribution in [0.3, 0.4) is 0 Å². The lowest BCUT2D eigenvalue weighted by Crippen LogP contribution is -2.20. The first kappa shape index (κ1) is 14.2. The average molecular weight is 236 g/mol. The molecule has 1 aromatic rings. The molecule has 0 spiro atoms. The summed E-state index contributed by atoms with van der Waals surface area (Å²) < 4.78 is 14.1. The quantitative estimate of drug-likeness (QED) is 0.647. The Morgan fingerprint density at radius 2 is 1.47 bits per heavy atom. The van der Waals surface area contributed by atoms with E-state index in [0.29, 0.717) is 5.92 Å². The van der Waals surface area contributed by atoms with Crippen molar-refractivity contribution in [3.05, 3.63) is 34.6 Å². The summed E-state index contributed by atoms with van der Waals surface area (Å²) in [7, 11) is 0. The van der Waals surface area contributed by atoms with Crippen LogP contribution in [0.2, 0.25) is 0 Å². The zero-order valence-electron chi connectivity index (χ0n) is 12.2. The van der Waals surface area contributed by atoms with E-state index in [1.165, 1.54) is 11.1 Å². The fourth-order valence-electron chi connectivity index (χ4n) is 2.49. The van der Waals surface area contributed by atoms with Gasteiger partial charge in [0.1, 0.15) is 5.82 Å². The zero-order valence-corrected chi connectivity index (χ0v) is 12.2. The molecule has 0 saturated carbocycles. The standard InChI is InChI=1S/C16H25F/c1-10(2)12-8-9-13(17)14(11(3)4)15(12)16(5,6)7/h8-11H,1-7H3. The van der Waals surface area contributed by atoms with Gasteiger partial charge in [-0.1, -0.05) is 54.5 Å². The summed E-state index contributed by atoms with van der Waals surface area (Å²) in [6.07, 6.45) is 0. The Hall–Kier alpha value is -0.850. The number of hydrogen-bond acceptors (Lipinski definition) is 0. The molecule has 0 heterocycles. The van der Waals surface area contributed by atoms with Gasteiger partial charge in [-0.05, 0) is 40.0 Å². The van der Waals surface area contributed by atoms with Gasteiger partial charge in [-0.3, -0.25) is 0 Å². The maximum absolute atomic E-state index is 14.1. The molecule has 0 atom stereocenters. The van der Waals surface area contributed by atoms with E-state index in [9.17, 15) is 4.39 Å². The van der Waals surface area contributed by atoms with Crippen LogP contribution >= 0.6 is 0 Å². The van der Waals surface area contributed by atoms with Gasteiger partial charge in [-0.2, -0.15) is 0 Å². The van der Waals surface area contributed by atoms with Gasteiger partial charge in [0.25, 0.3) is 0 Å². The second-order valence-corrected chi connectivity index (χ2v) is 6.48. The highest BCUT2D eigenvalue weighted by Crippen LogP contribution is 2.37. The molecule has 0 radical (unpaired) electrons. The van der Waals surface area contributed by atoms with Gasteiger partial charge >= 0.3 is 0 Å². The third-order valence-corrected chi connectivity index (χ3v) is 3.17. The monoisotopic (exact) mass is 236 g/mol. The van der Waals surface area contributed by atoms with Crippen LogP contribution in [0.5, 0.6) is 0 Å². The minimum absolute atomic E-state index is 0.0126. The van der Waals surface area contributed by atoms with Gasteiger partial charge in [-0.15, -0.1) is 0 Å². The molecule has 0 aliphatic carbocycles. The Bertz CT molecular complexity index is 395. The van der Waals surface area contributed by atoms with Gasteiger partial charge in [0.05, 0.1) is 0 Å². The first-order valence-corrected chi connectivity index (χ1v) is 6.49. The highest BCUT2D eigenvalue weighted by atomic mass is 19.1. The molecular weight excluding hydrogens is 211 g/mol. The van der Waals surface area contributed by atoms with Gasteiger partial charge in [0, 0.05) is 0 Å². The van der Waals surface area contributed by atoms with E-state index in [0.717, 1.165) is 5.56 Å². The molecule has 1 heteroatoms. The molecule has 1 rings (SSSR count). The van der Waals surface area contributed by atoms with Crippen molar-refractivity contribution in [2.75, 3.05) is 0 Å². The van der Waals surface area contributed by atoms with Crippen LogP contribution in [-0.2, 0) is 5.41 Å². The average Bonchev–Trinajstić information content (AvgIpc) is 2.14. The normalized spacial score (nSPS) is 12.6. The first-order valence-electron chi connectivity index (χ1n) is 6.49. The SMILES string of the molecule is CC(C)c1ccc(F)c(C(C)C)c1C(C)(C)C. The van der Waals surface area contributed by atoms with E-state index in [4.69, 9.17) is 0 Å². The lowest BCUT2D eigenvalue weighted by Gasteiger charge is -2.30. The van der Waals surface area contributed by atoms with Crippen molar-refractivity contribution in [3.63, 3.8) is 0 Å². The molecule has 0 nitrogen and oxygen atoms in total. The topological polar surface area (TPSA) is 0 Å². The molecule has 0 aliphatic rings. The van der Waals surface area contributed by atoms with Crippen molar-refractivity contribution >= 4 is 0 Å². The summed E-state index contributed by atoms with van der Waals surface area (Å²) in [6, 6.07) is 3.58. The number of benzene rings is 1. The van der Waals surface area contributed by atoms with E-state index in [1.807, 2.05) is 6.07 Å². The smallest absolute Gasteiger partial charge is 0.126 e. The van der Waals surface area contributed by atoms with Gasteiger partial charge in [0.15, 0.2) is 0 Å². The molecule has 1 aromatic carbocycles. The lowest BCUT2D eigenvalue weighted by molar-refractivity contribution is 0.534. The predicted molar refractivity (Wildman–Crippen MR) is 73.3 cm³/mol. The minimum atomic E-state index is -0.0608. The van der Waals surface area contributed by atoms with E-state index >= 15 is 0 Å². The molecular formula is C16H25F. The van der Waals surface area contributed by atoms with Crippen LogP contribution in [0, 0.1) is 5.82 Å². The molecule has 0 N–H and O–H groups in total. The predicted octanol–water partition coefficient (Wildman–Crippen LogP) is 5.37. The Kier molecular flexibility index (Phi) is 4.01. The largest absolute Gasteiger partial charge is 0.207 e. The Labute approximate surface area is 105 Å². The second-order valence-electron chi connectivity index (χ2n) is 6.48. The summed E-state index contributed by atoms with van der Waals surface area (Å²) in [4.78, 5) is 0. The molecule has 0 fully saturated rings. The van der Waals surface area contributed by atoms with E-state index in [1.54, 1.807) is 6.07 Å². The summed E-state index contributed by atoms with van der Waals surface area (Å²) in [6.45, 7) is 15.0. The number of halogens is 1. The van der Waals surface area contributed by atoms with Crippen LogP contribution in [0.1, 0.15) is 77.0 Å². The van der Waals surface area contributed by atoms with Crippen molar-refractivity contribution in [2.45, 2.75) is 65.7 Å². The maximum atomic E-state index is 14.1. The Balaban J connectivity index is 3.62. The van der Waals surface area contributed by atoms with Crippen LogP contribution in [0.25, 0.3) is 0 Å². The molecule has 96 valence electrons. The molecule has 0 saturated heterocycles. The van der Waals surface area contributed by atoms with Crippen LogP contribution in [-0.4, -0.2) is 0 Å². The van der Waals surface area contributed by atoms with Gasteiger partial charge in [0.2, 0.25) is 0 Å². The molecule has 0 amide bonds. The molecule has 0 unspecified atom stereocenters. The highest BCUT2D eigenvalue weighted by molar-refractivity contribution is 5.44. The van der Waals surface area contributed by atoms with E-state index in [-0.39, 0.29) is 17.2 Å². The Morgan fingerprint density at radius 3 is 1.82 bits per heavy atom. The maximum Gasteiger partial charge on any atom is 0.126 e. The van der Waals surface area contributed by atoms with Crippen molar-refractivity contribution in [1.29, 1.82) is 0 Å². The fourth-order valence-corrected chi connectivity index (χ4v) is 2.49. The van der Waals surface area contributed by atoms with Crippen molar-refractivity contribution < 1.29 is 4.39 Å². The molecule has 17 heavy (non-hydrogen) atoms. The Morgan fingerprint density at radius 1 is 0.941 bits per heavy atom. The van der Waals surface area contributed by atoms with Crippen molar-refractivity contribution in [3.8, 4) is 0 Å². The summed E-state index contributed by atoms with van der Waals surface area (Å²) in [5, 5.41) is 0. The summed E-state index contributed by atoms with van der Waals surface area (Å²) in [5.41, 5.74) is 3.36. The third kappa shape index (κ3) is 2.88. The van der Waals surface area contributed by atoms with E-state index < -0.39 is 0 Å². The third-order valence-electron chi connectivity index (χ3n) is 3.17. The minimum Gasteiger partial charge on any atom is -0.207 e. The van der Waals surface area contributed by atoms with Crippen LogP contribution < -0.4 is 0 Å². The summed E-state index contributed by atoms with van der Waals surface area (Å²) >= 11 is 0. The lowest BCUT2D eigenvalue weighted by atomic mass is 9.75. The highest BCUT2D eigenvalue weighted by Gasteiger charge is 2.26. The number of hydrogen-bond donors (Lipinski definition) is 0. The summed E-state index contributed by atoms with van der Waals surface area (Å²) in [5.74, 6) is 0.597. The van der Waals surface area contributed by atoms with Crippen LogP contribution in [0.15, 0.2) is 12.1 Å². The second kappa shape index (κ2) is 4.80. The zero-order chi connectivity index (χ0) is 13.4. The molecule has 0 bridgehead atoms. The van der Waals surface area contributed by atoms with Gasteiger partial charge in [-0.25, -0.2) is 4.39 Å². The van der Waals surface area contributed by atoms with E-state index in [2.05, 4.69) is 48.5 Å². The molecule has 0 aliphatic heterocycles. The molecule has 0 aromatic heterocycles. The number of rotatable bonds is 2. The fraction of sp³-hybridized carbons (Fsp3) is 0.625. The van der Waals surface area contributed by atoms with Crippen LogP contribution in [0.4, 0.5) is 4.39 Å². The van der Waals surface area contributed by atoms with Gasteiger partial charge < -0.3 is 0 Å². The van der Waals surface area contributed by atoms with Crippen molar-refractivity contribution in [2.24, 2.45) is 0 Å².